The van der Waals surface area contributed by atoms with Crippen molar-refractivity contribution in [2.24, 2.45) is 23.7 Å². The van der Waals surface area contributed by atoms with Crippen LogP contribution < -0.4 is 15.5 Å². The number of fused-ring (bicyclic) bond motifs is 3. The van der Waals surface area contributed by atoms with Gasteiger partial charge >= 0.3 is 12.1 Å². The molecule has 5 aliphatic rings. The van der Waals surface area contributed by atoms with Gasteiger partial charge in [-0.05, 0) is 134 Å². The van der Waals surface area contributed by atoms with Gasteiger partial charge in [0.05, 0.1) is 37.5 Å². The number of hydrogen-bond donors (Lipinski definition) is 3. The number of ether oxygens (including phenoxy) is 5. The van der Waals surface area contributed by atoms with Crippen LogP contribution in [0.2, 0.25) is 0 Å². The number of Topliss-reactive ketones (excluding diaryl/α,β-unsaturated/α-hetero) is 2. The molecule has 3 N–H and O–H groups in total. The van der Waals surface area contributed by atoms with Crippen LogP contribution in [0.25, 0.3) is 0 Å². The molecule has 21 heteroatoms. The number of hydrogen-bond acceptors (Lipinski definition) is 17. The van der Waals surface area contributed by atoms with Crippen molar-refractivity contribution in [3.63, 3.8) is 0 Å². The van der Waals surface area contributed by atoms with Crippen LogP contribution in [0, 0.1) is 23.7 Å². The summed E-state index contributed by atoms with van der Waals surface area (Å²) < 4.78 is 30.7. The second kappa shape index (κ2) is 35.2. The number of aliphatic hydroxyl groups excluding tert-OH is 1. The van der Waals surface area contributed by atoms with Crippen LogP contribution in [0.15, 0.2) is 60.0 Å². The fourth-order valence-electron chi connectivity index (χ4n) is 12.5. The zero-order valence-electron chi connectivity index (χ0n) is 52.8. The normalized spacial score (nSPS) is 31.3. The summed E-state index contributed by atoms with van der Waals surface area (Å²) in [6.45, 7) is 15.0. The van der Waals surface area contributed by atoms with Gasteiger partial charge in [0.15, 0.2) is 0 Å². The standard InChI is InChI=1S/C65H100N8O13/c1-10-66-59(76)41-70(7)42-60(77)71-29-31-72(32-30-71)64-67-38-49(39-68-64)40-69-65(81)86-50-25-22-48(23-26-50)24-27-52-36-58(83-9)47(6)34-46(5)55(75)37-54(74)45(4)33-43(2)17-12-11-13-18-44(3)57(82-8)35-51-19-16-21-56(84-51)61(78)62(79)73-28-15-14-20-53(73)63(80)85-52/h11-13,17-18,34,38-39,43,45,47-48,50-53,55-58,75H,10,14-16,19-33,35-37,40-42H2,1-9H3,(H,66,76)(H,69,81)/b13-11+,17-12+,44-18+,46-34+/t43-,45-,47-,48?,50?,51?,52-,53+,55+,56?,57+,58-/m1/s1. The molecule has 4 amide bonds. The van der Waals surface area contributed by atoms with Crippen molar-refractivity contribution in [3.8, 4) is 0 Å². The van der Waals surface area contributed by atoms with Crippen molar-refractivity contribution in [2.45, 2.75) is 200 Å². The van der Waals surface area contributed by atoms with Crippen molar-refractivity contribution >= 4 is 47.3 Å². The van der Waals surface area contributed by atoms with Crippen LogP contribution in [0.3, 0.4) is 0 Å². The number of ketones is 2. The first-order valence-electron chi connectivity index (χ1n) is 31.7. The second-order valence-corrected chi connectivity index (χ2v) is 24.7. The zero-order valence-corrected chi connectivity index (χ0v) is 52.8. The van der Waals surface area contributed by atoms with Gasteiger partial charge in [-0.2, -0.15) is 0 Å². The predicted octanol–water partition coefficient (Wildman–Crippen LogP) is 7.01. The SMILES string of the molecule is CCNC(=O)CN(C)CC(=O)N1CCN(c2ncc(CNC(=O)OC3CCC(CC[C@@H]4C[C@@H](OC)[C@H](C)/C=C(\C)[C@@H](O)CC(=O)[C@H](C)C[C@H](C)/C=C/C=C/C=C(\C)[C@@H](OC)CC5CCCC(O5)C(=O)C(=O)N5CCCC[C@H]5C(=O)O4)CC3)cn2)CC1. The minimum absolute atomic E-state index is 0.0143. The number of amides is 4. The summed E-state index contributed by atoms with van der Waals surface area (Å²) in [5, 5.41) is 16.9. The summed E-state index contributed by atoms with van der Waals surface area (Å²) in [5.41, 5.74) is 2.33. The molecule has 1 aliphatic carbocycles. The lowest BCUT2D eigenvalue weighted by molar-refractivity contribution is -0.168. The molecule has 478 valence electrons. The van der Waals surface area contributed by atoms with E-state index in [-0.39, 0.29) is 92.2 Å². The third-order valence-electron chi connectivity index (χ3n) is 17.8. The first-order valence-corrected chi connectivity index (χ1v) is 31.7. The molecule has 3 saturated heterocycles. The Morgan fingerprint density at radius 3 is 2.23 bits per heavy atom. The molecule has 6 rings (SSSR count). The number of methoxy groups -OCH3 is 2. The van der Waals surface area contributed by atoms with Gasteiger partial charge in [-0.1, -0.05) is 57.2 Å². The highest BCUT2D eigenvalue weighted by molar-refractivity contribution is 6.38. The van der Waals surface area contributed by atoms with Gasteiger partial charge in [0.2, 0.25) is 23.5 Å². The highest BCUT2D eigenvalue weighted by Gasteiger charge is 2.42. The zero-order chi connectivity index (χ0) is 62.3. The molecule has 10 atom stereocenters. The number of anilines is 1. The molecule has 0 radical (unpaired) electrons. The number of nitrogens with zero attached hydrogens (tertiary/aromatic N) is 6. The number of allylic oxidation sites excluding steroid dienone is 5. The predicted molar refractivity (Wildman–Crippen MR) is 326 cm³/mol. The molecule has 5 heterocycles. The molecule has 86 heavy (non-hydrogen) atoms. The number of likely N-dealkylation sites (N-methyl/N-ethyl adjacent to an activating group) is 2. The molecule has 0 aromatic carbocycles. The third-order valence-corrected chi connectivity index (χ3v) is 17.8. The average molecular weight is 1200 g/mol. The lowest BCUT2D eigenvalue weighted by Gasteiger charge is -2.37. The molecule has 1 saturated carbocycles. The van der Waals surface area contributed by atoms with Crippen LogP contribution >= 0.6 is 0 Å². The van der Waals surface area contributed by atoms with E-state index in [4.69, 9.17) is 23.7 Å². The molecule has 21 nitrogen and oxygen atoms in total. The van der Waals surface area contributed by atoms with Gasteiger partial charge in [0, 0.05) is 109 Å². The van der Waals surface area contributed by atoms with Crippen LogP contribution in [0.5, 0.6) is 0 Å². The highest BCUT2D eigenvalue weighted by atomic mass is 16.6. The van der Waals surface area contributed by atoms with E-state index in [0.29, 0.717) is 127 Å². The van der Waals surface area contributed by atoms with E-state index in [0.717, 1.165) is 24.8 Å². The molecule has 1 aromatic heterocycles. The maximum atomic E-state index is 14.5. The highest BCUT2D eigenvalue weighted by Crippen LogP contribution is 2.33. The van der Waals surface area contributed by atoms with Crippen molar-refractivity contribution < 1.29 is 62.4 Å². The van der Waals surface area contributed by atoms with Gasteiger partial charge in [0.25, 0.3) is 5.91 Å². The Balaban J connectivity index is 1.06. The molecule has 4 aliphatic heterocycles. The van der Waals surface area contributed by atoms with Crippen LogP contribution in [0.1, 0.15) is 150 Å². The smallest absolute Gasteiger partial charge is 0.407 e. The minimum atomic E-state index is -0.984. The fraction of sp³-hybridized carbons (Fsp3) is 0.708. The summed E-state index contributed by atoms with van der Waals surface area (Å²) in [6, 6.07) is -0.950. The van der Waals surface area contributed by atoms with Gasteiger partial charge in [-0.25, -0.2) is 19.6 Å². The maximum Gasteiger partial charge on any atom is 0.407 e. The Bertz CT molecular complexity index is 2510. The van der Waals surface area contributed by atoms with Crippen LogP contribution in [-0.4, -0.2) is 194 Å². The van der Waals surface area contributed by atoms with E-state index >= 15 is 0 Å². The van der Waals surface area contributed by atoms with Crippen LogP contribution in [-0.2, 0) is 59.0 Å². The third kappa shape index (κ3) is 21.8. The first kappa shape index (κ1) is 69.2. The number of carbonyl (C=O) groups excluding carboxylic acids is 7. The largest absolute Gasteiger partial charge is 0.461 e. The Labute approximate surface area is 510 Å². The van der Waals surface area contributed by atoms with Crippen LogP contribution in [0.4, 0.5) is 10.7 Å². The molecule has 2 unspecified atom stereocenters. The number of aliphatic hydroxyl groups is 1. The number of esters is 1. The van der Waals surface area contributed by atoms with Gasteiger partial charge in [-0.3, -0.25) is 28.9 Å². The average Bonchev–Trinajstić information content (AvgIpc) is 3.71. The molecule has 2 bridgehead atoms. The summed E-state index contributed by atoms with van der Waals surface area (Å²) in [4.78, 5) is 110. The summed E-state index contributed by atoms with van der Waals surface area (Å²) >= 11 is 0. The van der Waals surface area contributed by atoms with E-state index in [1.54, 1.807) is 43.5 Å². The maximum absolute atomic E-state index is 14.5. The van der Waals surface area contributed by atoms with E-state index in [1.807, 2.05) is 69.9 Å². The number of piperidine rings is 1. The number of alkyl carbamates (subject to hydrolysis) is 1. The van der Waals surface area contributed by atoms with Crippen molar-refractivity contribution in [2.75, 3.05) is 78.5 Å². The lowest BCUT2D eigenvalue weighted by Crippen LogP contribution is -2.54. The first-order chi connectivity index (χ1) is 41.2. The molecular weight excluding hydrogens is 1100 g/mol. The van der Waals surface area contributed by atoms with Gasteiger partial charge in [-0.15, -0.1) is 0 Å². The number of rotatable bonds is 14. The molecule has 4 fully saturated rings. The summed E-state index contributed by atoms with van der Waals surface area (Å²) in [5.74, 6) is -1.71. The Morgan fingerprint density at radius 2 is 1.53 bits per heavy atom. The quantitative estimate of drug-likeness (QED) is 0.0963. The van der Waals surface area contributed by atoms with Crippen molar-refractivity contribution in [3.05, 3.63) is 65.6 Å². The molecule has 0 spiro atoms. The number of nitrogens with one attached hydrogen (secondary N) is 2. The number of piperazine rings is 1. The topological polar surface area (TPSA) is 249 Å². The molecule has 1 aromatic rings. The van der Waals surface area contributed by atoms with E-state index in [9.17, 15) is 38.7 Å². The van der Waals surface area contributed by atoms with Crippen molar-refractivity contribution in [1.82, 2.24) is 35.3 Å². The lowest BCUT2D eigenvalue weighted by atomic mass is 9.83. The van der Waals surface area contributed by atoms with Gasteiger partial charge < -0.3 is 54.1 Å². The Kier molecular flexibility index (Phi) is 28.3. The van der Waals surface area contributed by atoms with Gasteiger partial charge in [0.1, 0.15) is 30.1 Å². The summed E-state index contributed by atoms with van der Waals surface area (Å²) in [6.07, 6.45) is 19.9. The van der Waals surface area contributed by atoms with E-state index in [1.165, 1.54) is 4.90 Å². The van der Waals surface area contributed by atoms with Crippen molar-refractivity contribution in [1.29, 1.82) is 0 Å². The Morgan fingerprint density at radius 1 is 0.802 bits per heavy atom. The number of aromatic nitrogens is 2. The fourth-order valence-corrected chi connectivity index (χ4v) is 12.5. The Hall–Kier alpha value is -5.87. The number of carbonyl (C=O) groups is 7. The monoisotopic (exact) mass is 1200 g/mol. The number of cyclic esters (lactones) is 1. The van der Waals surface area contributed by atoms with E-state index < -0.39 is 54.2 Å². The second-order valence-electron chi connectivity index (χ2n) is 24.7. The van der Waals surface area contributed by atoms with E-state index in [2.05, 4.69) is 33.6 Å². The minimum Gasteiger partial charge on any atom is -0.461 e. The summed E-state index contributed by atoms with van der Waals surface area (Å²) in [7, 11) is 5.01. The molecular formula is C65H100N8O13.